The molecule has 0 bridgehead atoms. The summed E-state index contributed by atoms with van der Waals surface area (Å²) in [5.41, 5.74) is 0.233. The zero-order valence-corrected chi connectivity index (χ0v) is 17.6. The number of benzene rings is 2. The Bertz CT molecular complexity index is 1130. The van der Waals surface area contributed by atoms with E-state index in [2.05, 4.69) is 10.4 Å². The van der Waals surface area contributed by atoms with Crippen LogP contribution in [0.25, 0.3) is 5.69 Å². The first-order chi connectivity index (χ1) is 14.1. The summed E-state index contributed by atoms with van der Waals surface area (Å²) in [5.74, 6) is -0.622. The summed E-state index contributed by atoms with van der Waals surface area (Å²) in [7, 11) is 1.35. The number of aryl methyl sites for hydroxylation is 1. The standard InChI is InChI=1S/C21H24FN5O3/c1-14-8-6-9-15(12-14)25(13-21(2,3)4)19(28)27-20(29)26(23-24-27)18-16(22)10-7-11-17(18)30-5/h6-12H,13H2,1-5H3. The molecule has 0 aliphatic carbocycles. The first-order valence-corrected chi connectivity index (χ1v) is 9.39. The van der Waals surface area contributed by atoms with E-state index in [1.54, 1.807) is 6.07 Å². The summed E-state index contributed by atoms with van der Waals surface area (Å²) in [6.45, 7) is 8.18. The third kappa shape index (κ3) is 4.24. The van der Waals surface area contributed by atoms with Crippen molar-refractivity contribution in [2.75, 3.05) is 18.6 Å². The second kappa shape index (κ2) is 8.10. The number of aromatic nitrogens is 4. The van der Waals surface area contributed by atoms with Gasteiger partial charge in [0.25, 0.3) is 0 Å². The molecule has 9 heteroatoms. The molecular formula is C21H24FN5O3. The summed E-state index contributed by atoms with van der Waals surface area (Å²) >= 11 is 0. The average Bonchev–Trinajstić information content (AvgIpc) is 3.05. The average molecular weight is 413 g/mol. The predicted molar refractivity (Wildman–Crippen MR) is 111 cm³/mol. The van der Waals surface area contributed by atoms with Crippen molar-refractivity contribution >= 4 is 11.7 Å². The first kappa shape index (κ1) is 21.2. The fourth-order valence-electron chi connectivity index (χ4n) is 3.03. The number of carbonyl (C=O) groups is 1. The molecule has 0 fully saturated rings. The van der Waals surface area contributed by atoms with E-state index in [0.717, 1.165) is 10.2 Å². The summed E-state index contributed by atoms with van der Waals surface area (Å²) in [6.07, 6.45) is 0. The number of hydrogen-bond acceptors (Lipinski definition) is 5. The van der Waals surface area contributed by atoms with Gasteiger partial charge in [-0.2, -0.15) is 4.68 Å². The Morgan fingerprint density at radius 2 is 1.87 bits per heavy atom. The molecule has 30 heavy (non-hydrogen) atoms. The van der Waals surface area contributed by atoms with Crippen LogP contribution < -0.4 is 15.3 Å². The van der Waals surface area contributed by atoms with Crippen molar-refractivity contribution in [1.82, 2.24) is 19.8 Å². The largest absolute Gasteiger partial charge is 0.494 e. The molecule has 1 amide bonds. The summed E-state index contributed by atoms with van der Waals surface area (Å²) in [6, 6.07) is 10.8. The normalized spacial score (nSPS) is 11.4. The number of methoxy groups -OCH3 is 1. The van der Waals surface area contributed by atoms with E-state index >= 15 is 0 Å². The smallest absolute Gasteiger partial charge is 0.377 e. The predicted octanol–water partition coefficient (Wildman–Crippen LogP) is 3.41. The van der Waals surface area contributed by atoms with Crippen molar-refractivity contribution in [3.05, 3.63) is 64.3 Å². The summed E-state index contributed by atoms with van der Waals surface area (Å²) < 4.78 is 20.9. The molecule has 0 radical (unpaired) electrons. The Labute approximate surface area is 173 Å². The summed E-state index contributed by atoms with van der Waals surface area (Å²) in [5, 5.41) is 7.43. The lowest BCUT2D eigenvalue weighted by Gasteiger charge is -2.29. The second-order valence-electron chi connectivity index (χ2n) is 8.14. The van der Waals surface area contributed by atoms with Crippen molar-refractivity contribution in [3.8, 4) is 11.4 Å². The second-order valence-corrected chi connectivity index (χ2v) is 8.14. The van der Waals surface area contributed by atoms with Gasteiger partial charge in [-0.25, -0.2) is 14.0 Å². The highest BCUT2D eigenvalue weighted by molar-refractivity contribution is 5.93. The van der Waals surface area contributed by atoms with Crippen LogP contribution in [-0.4, -0.2) is 39.5 Å². The van der Waals surface area contributed by atoms with Crippen LogP contribution in [0.3, 0.4) is 0 Å². The maximum absolute atomic E-state index is 14.4. The number of rotatable bonds is 4. The molecule has 3 rings (SSSR count). The van der Waals surface area contributed by atoms with E-state index in [9.17, 15) is 14.0 Å². The van der Waals surface area contributed by atoms with Gasteiger partial charge >= 0.3 is 11.7 Å². The van der Waals surface area contributed by atoms with Crippen LogP contribution in [0.1, 0.15) is 26.3 Å². The fraction of sp³-hybridized carbons (Fsp3) is 0.333. The third-order valence-electron chi connectivity index (χ3n) is 4.32. The zero-order chi connectivity index (χ0) is 22.1. The zero-order valence-electron chi connectivity index (χ0n) is 17.6. The highest BCUT2D eigenvalue weighted by Crippen LogP contribution is 2.25. The molecule has 158 valence electrons. The Kier molecular flexibility index (Phi) is 5.73. The van der Waals surface area contributed by atoms with Gasteiger partial charge in [0.1, 0.15) is 11.4 Å². The molecule has 3 aromatic rings. The van der Waals surface area contributed by atoms with Crippen LogP contribution in [-0.2, 0) is 0 Å². The molecule has 1 aromatic heterocycles. The molecule has 0 saturated heterocycles. The number of nitrogens with zero attached hydrogens (tertiary/aromatic N) is 5. The Hall–Kier alpha value is -3.49. The van der Waals surface area contributed by atoms with Gasteiger partial charge in [0, 0.05) is 12.2 Å². The van der Waals surface area contributed by atoms with Gasteiger partial charge in [-0.15, -0.1) is 4.68 Å². The van der Waals surface area contributed by atoms with Gasteiger partial charge in [0.15, 0.2) is 5.82 Å². The van der Waals surface area contributed by atoms with Crippen LogP contribution in [0, 0.1) is 18.2 Å². The Morgan fingerprint density at radius 1 is 1.17 bits per heavy atom. The number of para-hydroxylation sites is 1. The third-order valence-corrected chi connectivity index (χ3v) is 4.32. The van der Waals surface area contributed by atoms with Gasteiger partial charge < -0.3 is 4.74 Å². The van der Waals surface area contributed by atoms with Crippen LogP contribution >= 0.6 is 0 Å². The maximum Gasteiger partial charge on any atom is 0.377 e. The molecule has 0 spiro atoms. The lowest BCUT2D eigenvalue weighted by Crippen LogP contribution is -2.44. The van der Waals surface area contributed by atoms with Gasteiger partial charge in [-0.3, -0.25) is 4.90 Å². The molecule has 2 aromatic carbocycles. The van der Waals surface area contributed by atoms with Gasteiger partial charge in [-0.05, 0) is 52.6 Å². The summed E-state index contributed by atoms with van der Waals surface area (Å²) in [4.78, 5) is 27.7. The number of halogens is 1. The van der Waals surface area contributed by atoms with Gasteiger partial charge in [0.05, 0.1) is 7.11 Å². The van der Waals surface area contributed by atoms with Crippen LogP contribution in [0.4, 0.5) is 14.9 Å². The quantitative estimate of drug-likeness (QED) is 0.612. The first-order valence-electron chi connectivity index (χ1n) is 9.39. The maximum atomic E-state index is 14.4. The van der Waals surface area contributed by atoms with Crippen LogP contribution in [0.2, 0.25) is 0 Å². The molecule has 0 atom stereocenters. The highest BCUT2D eigenvalue weighted by atomic mass is 19.1. The van der Waals surface area contributed by atoms with Crippen molar-refractivity contribution in [3.63, 3.8) is 0 Å². The monoisotopic (exact) mass is 413 g/mol. The Balaban J connectivity index is 2.09. The van der Waals surface area contributed by atoms with E-state index in [0.29, 0.717) is 16.9 Å². The number of anilines is 1. The molecule has 1 heterocycles. The van der Waals surface area contributed by atoms with Gasteiger partial charge in [0.2, 0.25) is 0 Å². The van der Waals surface area contributed by atoms with Crippen LogP contribution in [0.15, 0.2) is 47.3 Å². The van der Waals surface area contributed by atoms with Crippen molar-refractivity contribution < 1.29 is 13.9 Å². The van der Waals surface area contributed by atoms with E-state index in [-0.39, 0.29) is 16.9 Å². The SMILES string of the molecule is COc1cccc(F)c1-n1nnn(C(=O)N(CC(C)(C)C)c2cccc(C)c2)c1=O. The van der Waals surface area contributed by atoms with Crippen molar-refractivity contribution in [2.45, 2.75) is 27.7 Å². The minimum Gasteiger partial charge on any atom is -0.494 e. The lowest BCUT2D eigenvalue weighted by atomic mass is 9.96. The number of carbonyl (C=O) groups excluding carboxylic acids is 1. The van der Waals surface area contributed by atoms with E-state index in [1.165, 1.54) is 30.2 Å². The van der Waals surface area contributed by atoms with Crippen LogP contribution in [0.5, 0.6) is 5.75 Å². The number of hydrogen-bond donors (Lipinski definition) is 0. The minimum atomic E-state index is -0.894. The molecule has 8 nitrogen and oxygen atoms in total. The molecular weight excluding hydrogens is 389 g/mol. The molecule has 0 aliphatic heterocycles. The highest BCUT2D eigenvalue weighted by Gasteiger charge is 2.28. The minimum absolute atomic E-state index is 0.0989. The number of amides is 1. The van der Waals surface area contributed by atoms with E-state index in [1.807, 2.05) is 45.9 Å². The van der Waals surface area contributed by atoms with Crippen molar-refractivity contribution in [2.24, 2.45) is 5.41 Å². The van der Waals surface area contributed by atoms with E-state index in [4.69, 9.17) is 4.74 Å². The fourth-order valence-corrected chi connectivity index (χ4v) is 3.03. The lowest BCUT2D eigenvalue weighted by molar-refractivity contribution is 0.240. The van der Waals surface area contributed by atoms with Gasteiger partial charge in [-0.1, -0.05) is 39.0 Å². The molecule has 0 aliphatic rings. The van der Waals surface area contributed by atoms with E-state index < -0.39 is 17.5 Å². The molecule has 0 saturated carbocycles. The number of tetrazole rings is 1. The molecule has 0 N–H and O–H groups in total. The topological polar surface area (TPSA) is 82.2 Å². The van der Waals surface area contributed by atoms with Crippen molar-refractivity contribution in [1.29, 1.82) is 0 Å². The number of ether oxygens (including phenoxy) is 1. The molecule has 0 unspecified atom stereocenters. The Morgan fingerprint density at radius 3 is 2.50 bits per heavy atom.